The summed E-state index contributed by atoms with van der Waals surface area (Å²) in [7, 11) is 2.18. The predicted octanol–water partition coefficient (Wildman–Crippen LogP) is 3.74. The number of fused-ring (bicyclic) bond motifs is 3. The summed E-state index contributed by atoms with van der Waals surface area (Å²) in [6, 6.07) is 1.91. The summed E-state index contributed by atoms with van der Waals surface area (Å²) in [4.78, 5) is 22.9. The van der Waals surface area contributed by atoms with E-state index in [0.717, 1.165) is 30.9 Å². The number of aromatic amines is 1. The number of hydrogen-bond donors (Lipinski definition) is 2. The minimum absolute atomic E-state index is 0. The van der Waals surface area contributed by atoms with Crippen LogP contribution in [0.5, 0.6) is 0 Å². The lowest BCUT2D eigenvalue weighted by molar-refractivity contribution is 0.354. The SMILES string of the molecule is CN(c1nc2sc(-c3ncc(-c4cn[nH]c4)cn3)nc2s1)C1C[C@H]2CC[C@@H](C1)N2.Cl. The Morgan fingerprint density at radius 1 is 0.967 bits per heavy atom. The van der Waals surface area contributed by atoms with Crippen LogP contribution in [-0.2, 0) is 0 Å². The average molecular weight is 461 g/mol. The highest BCUT2D eigenvalue weighted by atomic mass is 35.5. The number of hydrogen-bond acceptors (Lipinski definition) is 9. The number of halogens is 1. The van der Waals surface area contributed by atoms with Crippen LogP contribution >= 0.6 is 35.1 Å². The fourth-order valence-corrected chi connectivity index (χ4v) is 6.39. The quantitative estimate of drug-likeness (QED) is 0.478. The van der Waals surface area contributed by atoms with E-state index in [1.54, 1.807) is 41.3 Å². The highest BCUT2D eigenvalue weighted by Crippen LogP contribution is 2.38. The summed E-state index contributed by atoms with van der Waals surface area (Å²) in [6.07, 6.45) is 12.2. The fourth-order valence-electron chi connectivity index (χ4n) is 4.37. The maximum atomic E-state index is 4.87. The van der Waals surface area contributed by atoms with E-state index in [2.05, 4.69) is 37.4 Å². The van der Waals surface area contributed by atoms with Gasteiger partial charge >= 0.3 is 0 Å². The van der Waals surface area contributed by atoms with Crippen molar-refractivity contribution in [2.24, 2.45) is 0 Å². The van der Waals surface area contributed by atoms with Crippen LogP contribution in [0.3, 0.4) is 0 Å². The monoisotopic (exact) mass is 460 g/mol. The summed E-state index contributed by atoms with van der Waals surface area (Å²) in [5, 5.41) is 12.4. The van der Waals surface area contributed by atoms with Crippen LogP contribution in [0.1, 0.15) is 25.7 Å². The smallest absolute Gasteiger partial charge is 0.188 e. The zero-order valence-corrected chi connectivity index (χ0v) is 18.7. The van der Waals surface area contributed by atoms with Gasteiger partial charge in [-0.3, -0.25) is 5.10 Å². The molecule has 4 aromatic heterocycles. The third kappa shape index (κ3) is 3.47. The van der Waals surface area contributed by atoms with Crippen molar-refractivity contribution in [3.05, 3.63) is 24.8 Å². The van der Waals surface area contributed by atoms with Crippen LogP contribution < -0.4 is 10.2 Å². The topological polar surface area (TPSA) is 95.5 Å². The molecule has 0 radical (unpaired) electrons. The van der Waals surface area contributed by atoms with Crippen LogP contribution in [-0.4, -0.2) is 55.3 Å². The summed E-state index contributed by atoms with van der Waals surface area (Å²) in [6.45, 7) is 0. The lowest BCUT2D eigenvalue weighted by Crippen LogP contribution is -2.47. The lowest BCUT2D eigenvalue weighted by atomic mass is 9.99. The molecule has 2 aliphatic rings. The van der Waals surface area contributed by atoms with Gasteiger partial charge in [0.2, 0.25) is 0 Å². The Hall–Kier alpha value is -2.14. The van der Waals surface area contributed by atoms with Crippen LogP contribution in [0, 0.1) is 0 Å². The van der Waals surface area contributed by atoms with E-state index in [9.17, 15) is 0 Å². The van der Waals surface area contributed by atoms with E-state index in [0.29, 0.717) is 23.9 Å². The zero-order chi connectivity index (χ0) is 19.4. The van der Waals surface area contributed by atoms with Gasteiger partial charge in [0, 0.05) is 54.9 Å². The van der Waals surface area contributed by atoms with Crippen molar-refractivity contribution in [3.63, 3.8) is 0 Å². The van der Waals surface area contributed by atoms with E-state index in [1.807, 2.05) is 6.20 Å². The molecule has 11 heteroatoms. The number of thiazole rings is 2. The van der Waals surface area contributed by atoms with Gasteiger partial charge in [-0.2, -0.15) is 5.10 Å². The Balaban J connectivity index is 0.00000193. The first-order valence-electron chi connectivity index (χ1n) is 9.81. The maximum Gasteiger partial charge on any atom is 0.188 e. The standard InChI is InChI=1S/C19H20N8S2.ClH/c1-27(14-4-12-2-3-13(5-14)24-12)19-26-18-17(29-19)25-16(28-18)15-20-6-10(7-21-15)11-8-22-23-9-11;/h6-9,12-14,24H,2-5H2,1H3,(H,22,23);1H/t12-,13+,14?;. The third-order valence-corrected chi connectivity index (χ3v) is 8.05. The molecule has 0 spiro atoms. The van der Waals surface area contributed by atoms with Crippen molar-refractivity contribution in [3.8, 4) is 22.0 Å². The van der Waals surface area contributed by atoms with E-state index >= 15 is 0 Å². The Morgan fingerprint density at radius 3 is 2.37 bits per heavy atom. The summed E-state index contributed by atoms with van der Waals surface area (Å²) < 4.78 is 0. The molecule has 8 nitrogen and oxygen atoms in total. The Morgan fingerprint density at radius 2 is 1.70 bits per heavy atom. The molecular weight excluding hydrogens is 440 g/mol. The number of rotatable bonds is 4. The van der Waals surface area contributed by atoms with Gasteiger partial charge < -0.3 is 10.2 Å². The molecule has 2 bridgehead atoms. The normalized spacial score (nSPS) is 22.9. The largest absolute Gasteiger partial charge is 0.348 e. The van der Waals surface area contributed by atoms with Crippen molar-refractivity contribution in [1.29, 1.82) is 0 Å². The van der Waals surface area contributed by atoms with Crippen molar-refractivity contribution < 1.29 is 0 Å². The Kier molecular flexibility index (Phi) is 5.18. The van der Waals surface area contributed by atoms with Crippen molar-refractivity contribution in [2.75, 3.05) is 11.9 Å². The lowest BCUT2D eigenvalue weighted by Gasteiger charge is -2.35. The van der Waals surface area contributed by atoms with E-state index in [-0.39, 0.29) is 12.4 Å². The van der Waals surface area contributed by atoms with Crippen molar-refractivity contribution >= 4 is 49.9 Å². The number of aromatic nitrogens is 6. The summed E-state index contributed by atoms with van der Waals surface area (Å²) in [5.74, 6) is 0.636. The number of nitrogens with one attached hydrogen (secondary N) is 2. The van der Waals surface area contributed by atoms with E-state index < -0.39 is 0 Å². The fraction of sp³-hybridized carbons (Fsp3) is 0.421. The van der Waals surface area contributed by atoms with Crippen LogP contribution in [0.4, 0.5) is 5.13 Å². The molecule has 6 rings (SSSR count). The van der Waals surface area contributed by atoms with Gasteiger partial charge in [-0.05, 0) is 25.7 Å². The average Bonchev–Trinajstić information content (AvgIpc) is 3.51. The Labute approximate surface area is 187 Å². The van der Waals surface area contributed by atoms with Crippen LogP contribution in [0.2, 0.25) is 0 Å². The molecule has 0 aliphatic carbocycles. The second-order valence-corrected chi connectivity index (χ2v) is 9.72. The second kappa shape index (κ2) is 7.84. The molecule has 156 valence electrons. The molecule has 6 heterocycles. The molecule has 1 unspecified atom stereocenters. The third-order valence-electron chi connectivity index (χ3n) is 5.94. The van der Waals surface area contributed by atoms with Crippen LogP contribution in [0.25, 0.3) is 31.6 Å². The van der Waals surface area contributed by atoms with Crippen molar-refractivity contribution in [1.82, 2.24) is 35.5 Å². The van der Waals surface area contributed by atoms with Gasteiger partial charge in [0.05, 0.1) is 6.20 Å². The molecule has 4 aromatic rings. The predicted molar refractivity (Wildman–Crippen MR) is 123 cm³/mol. The number of piperidine rings is 1. The molecule has 2 aliphatic heterocycles. The molecule has 0 aromatic carbocycles. The van der Waals surface area contributed by atoms with Crippen LogP contribution in [0.15, 0.2) is 24.8 Å². The number of nitrogens with zero attached hydrogens (tertiary/aromatic N) is 6. The minimum atomic E-state index is 0. The summed E-state index contributed by atoms with van der Waals surface area (Å²) >= 11 is 3.22. The number of H-pyrrole nitrogens is 1. The molecule has 2 fully saturated rings. The zero-order valence-electron chi connectivity index (χ0n) is 16.3. The second-order valence-electron chi connectivity index (χ2n) is 7.78. The van der Waals surface area contributed by atoms with E-state index in [1.165, 1.54) is 25.7 Å². The molecule has 2 saturated heterocycles. The molecule has 30 heavy (non-hydrogen) atoms. The molecule has 3 atom stereocenters. The Bertz CT molecular complexity index is 1100. The maximum absolute atomic E-state index is 4.87. The van der Waals surface area contributed by atoms with Crippen molar-refractivity contribution in [2.45, 2.75) is 43.8 Å². The molecule has 0 amide bonds. The van der Waals surface area contributed by atoms with Gasteiger partial charge in [0.25, 0.3) is 0 Å². The van der Waals surface area contributed by atoms with Gasteiger partial charge in [0.1, 0.15) is 0 Å². The first kappa shape index (κ1) is 19.8. The van der Waals surface area contributed by atoms with Gasteiger partial charge in [-0.25, -0.2) is 19.9 Å². The van der Waals surface area contributed by atoms with Gasteiger partial charge in [0.15, 0.2) is 25.6 Å². The number of anilines is 1. The minimum Gasteiger partial charge on any atom is -0.348 e. The first-order valence-corrected chi connectivity index (χ1v) is 11.4. The molecular formula is C19H21ClN8S2. The highest BCUT2D eigenvalue weighted by molar-refractivity contribution is 7.29. The molecule has 0 saturated carbocycles. The highest BCUT2D eigenvalue weighted by Gasteiger charge is 2.36. The van der Waals surface area contributed by atoms with Gasteiger partial charge in [-0.15, -0.1) is 12.4 Å². The van der Waals surface area contributed by atoms with E-state index in [4.69, 9.17) is 9.97 Å². The summed E-state index contributed by atoms with van der Waals surface area (Å²) in [5.41, 5.74) is 1.90. The molecule has 2 N–H and O–H groups in total. The first-order chi connectivity index (χ1) is 14.2. The van der Waals surface area contributed by atoms with Gasteiger partial charge in [-0.1, -0.05) is 22.7 Å².